The van der Waals surface area contributed by atoms with Crippen molar-refractivity contribution in [2.75, 3.05) is 18.5 Å². The number of carbonyl (C=O) groups is 3. The van der Waals surface area contributed by atoms with E-state index in [4.69, 9.17) is 17.3 Å². The van der Waals surface area contributed by atoms with Gasteiger partial charge in [0, 0.05) is 29.7 Å². The Kier molecular flexibility index (Phi) is 3.84. The summed E-state index contributed by atoms with van der Waals surface area (Å²) in [6.07, 6.45) is 1.13. The van der Waals surface area contributed by atoms with E-state index < -0.39 is 36.6 Å². The van der Waals surface area contributed by atoms with E-state index in [9.17, 15) is 14.4 Å². The third kappa shape index (κ3) is 2.54. The fourth-order valence-corrected chi connectivity index (χ4v) is 3.69. The number of anilines is 1. The molecule has 2 unspecified atom stereocenters. The van der Waals surface area contributed by atoms with Crippen LogP contribution in [0.15, 0.2) is 41.2 Å². The van der Waals surface area contributed by atoms with Crippen LogP contribution in [0.5, 0.6) is 0 Å². The summed E-state index contributed by atoms with van der Waals surface area (Å²) < 4.78 is 0. The van der Waals surface area contributed by atoms with Gasteiger partial charge < -0.3 is 15.5 Å². The highest BCUT2D eigenvalue weighted by Crippen LogP contribution is 2.36. The monoisotopic (exact) mass is 388 g/mol. The lowest BCUT2D eigenvalue weighted by molar-refractivity contribution is -0.139. The minimum atomic E-state index is -0.751. The second-order valence-electron chi connectivity index (χ2n) is 6.56. The molecule has 3 aliphatic rings. The molecule has 1 saturated heterocycles. The van der Waals surface area contributed by atoms with Crippen LogP contribution in [0.1, 0.15) is 6.92 Å². The number of benzene rings is 1. The largest absolute Gasteiger partial charge is 0.368 e. The van der Waals surface area contributed by atoms with Crippen LogP contribution >= 0.6 is 11.6 Å². The normalized spacial score (nSPS) is 24.1. The molecule has 0 aliphatic carbocycles. The third-order valence-corrected chi connectivity index (χ3v) is 5.04. The predicted octanol–water partition coefficient (Wildman–Crippen LogP) is 0.767. The maximum atomic E-state index is 12.9. The smallest absolute Gasteiger partial charge is 0.328 e. The van der Waals surface area contributed by atoms with Gasteiger partial charge >= 0.3 is 6.03 Å². The second-order valence-corrected chi connectivity index (χ2v) is 7.00. The Morgan fingerprint density at radius 1 is 1.26 bits per heavy atom. The number of imide groups is 1. The first-order chi connectivity index (χ1) is 12.8. The lowest BCUT2D eigenvalue weighted by atomic mass is 10.1. The van der Waals surface area contributed by atoms with Crippen molar-refractivity contribution in [3.8, 4) is 0 Å². The Bertz CT molecular complexity index is 912. The van der Waals surface area contributed by atoms with E-state index in [1.807, 2.05) is 30.2 Å². The van der Waals surface area contributed by atoms with Crippen LogP contribution in [0.3, 0.4) is 0 Å². The van der Waals surface area contributed by atoms with Crippen molar-refractivity contribution < 1.29 is 14.4 Å². The quantitative estimate of drug-likeness (QED) is 0.823. The van der Waals surface area contributed by atoms with Gasteiger partial charge in [-0.25, -0.2) is 9.79 Å². The van der Waals surface area contributed by atoms with Gasteiger partial charge in [-0.1, -0.05) is 11.6 Å². The fourth-order valence-electron chi connectivity index (χ4n) is 3.56. The van der Waals surface area contributed by atoms with Crippen LogP contribution in [0.4, 0.5) is 10.5 Å². The SMILES string of the molecule is CC1=CN2C(=NC3C2C(=O)N(CC(N)=O)C(=O)N3C)N1c1ccc(Cl)cc1. The Hall–Kier alpha value is -3.07. The predicted molar refractivity (Wildman–Crippen MR) is 98.6 cm³/mol. The van der Waals surface area contributed by atoms with Gasteiger partial charge in [0.15, 0.2) is 12.2 Å². The molecule has 1 aromatic carbocycles. The molecule has 0 spiro atoms. The van der Waals surface area contributed by atoms with Crippen LogP contribution in [-0.2, 0) is 9.59 Å². The number of amides is 4. The van der Waals surface area contributed by atoms with Crippen molar-refractivity contribution >= 4 is 41.1 Å². The Morgan fingerprint density at radius 2 is 1.93 bits per heavy atom. The van der Waals surface area contributed by atoms with E-state index in [0.29, 0.717) is 11.0 Å². The van der Waals surface area contributed by atoms with Crippen molar-refractivity contribution in [2.45, 2.75) is 19.1 Å². The molecule has 4 rings (SSSR count). The van der Waals surface area contributed by atoms with Crippen LogP contribution in [0.25, 0.3) is 0 Å². The Labute approximate surface area is 160 Å². The number of nitrogens with zero attached hydrogens (tertiary/aromatic N) is 5. The first-order valence-electron chi connectivity index (χ1n) is 8.26. The molecule has 0 bridgehead atoms. The molecule has 9 nitrogen and oxygen atoms in total. The van der Waals surface area contributed by atoms with Gasteiger partial charge in [0.2, 0.25) is 11.9 Å². The summed E-state index contributed by atoms with van der Waals surface area (Å²) in [5, 5.41) is 0.612. The zero-order chi connectivity index (χ0) is 19.5. The first kappa shape index (κ1) is 17.3. The molecule has 1 fully saturated rings. The van der Waals surface area contributed by atoms with Crippen LogP contribution < -0.4 is 10.6 Å². The molecular weight excluding hydrogens is 372 g/mol. The van der Waals surface area contributed by atoms with Gasteiger partial charge in [0.05, 0.1) is 0 Å². The maximum Gasteiger partial charge on any atom is 0.328 e. The first-order valence-corrected chi connectivity index (χ1v) is 8.64. The molecule has 3 heterocycles. The molecule has 27 heavy (non-hydrogen) atoms. The number of hydrogen-bond acceptors (Lipinski definition) is 6. The molecule has 1 aromatic rings. The molecule has 2 N–H and O–H groups in total. The Balaban J connectivity index is 1.71. The van der Waals surface area contributed by atoms with E-state index in [0.717, 1.165) is 16.3 Å². The number of fused-ring (bicyclic) bond motifs is 3. The van der Waals surface area contributed by atoms with Gasteiger partial charge in [0.1, 0.15) is 6.54 Å². The lowest BCUT2D eigenvalue weighted by Crippen LogP contribution is -2.65. The van der Waals surface area contributed by atoms with Gasteiger partial charge in [0.25, 0.3) is 5.91 Å². The number of primary amides is 1. The number of allylic oxidation sites excluding steroid dienone is 1. The second kappa shape index (κ2) is 5.98. The molecule has 2 atom stereocenters. The summed E-state index contributed by atoms with van der Waals surface area (Å²) in [7, 11) is 1.55. The van der Waals surface area contributed by atoms with Gasteiger partial charge in [-0.05, 0) is 31.2 Å². The topological polar surface area (TPSA) is 103 Å². The number of hydrogen-bond donors (Lipinski definition) is 1. The van der Waals surface area contributed by atoms with Crippen molar-refractivity contribution in [1.29, 1.82) is 0 Å². The van der Waals surface area contributed by atoms with Crippen molar-refractivity contribution in [3.63, 3.8) is 0 Å². The Morgan fingerprint density at radius 3 is 2.56 bits per heavy atom. The van der Waals surface area contributed by atoms with Gasteiger partial charge in [-0.3, -0.25) is 19.4 Å². The average molecular weight is 389 g/mol. The number of halogens is 1. The lowest BCUT2D eigenvalue weighted by Gasteiger charge is -2.39. The van der Waals surface area contributed by atoms with E-state index >= 15 is 0 Å². The number of nitrogens with two attached hydrogens (primary N) is 1. The molecule has 4 amide bonds. The van der Waals surface area contributed by atoms with Crippen molar-refractivity contribution in [1.82, 2.24) is 14.7 Å². The fraction of sp³-hybridized carbons (Fsp3) is 0.294. The van der Waals surface area contributed by atoms with Crippen LogP contribution in [0.2, 0.25) is 5.02 Å². The number of guanidine groups is 1. The average Bonchev–Trinajstić information content (AvgIpc) is 3.12. The van der Waals surface area contributed by atoms with Crippen LogP contribution in [-0.4, -0.2) is 64.3 Å². The van der Waals surface area contributed by atoms with Gasteiger partial charge in [-0.15, -0.1) is 0 Å². The highest BCUT2D eigenvalue weighted by molar-refractivity contribution is 6.30. The molecule has 140 valence electrons. The van der Waals surface area contributed by atoms with Gasteiger partial charge in [-0.2, -0.15) is 0 Å². The van der Waals surface area contributed by atoms with Crippen molar-refractivity contribution in [2.24, 2.45) is 10.7 Å². The number of aliphatic imine (C=N–C) groups is 1. The molecule has 0 saturated carbocycles. The molecular formula is C17H17ClN6O3. The zero-order valence-electron chi connectivity index (χ0n) is 14.7. The van der Waals surface area contributed by atoms with E-state index in [1.165, 1.54) is 4.90 Å². The summed E-state index contributed by atoms with van der Waals surface area (Å²) in [5.41, 5.74) is 6.89. The molecule has 0 aromatic heterocycles. The maximum absolute atomic E-state index is 12.9. The summed E-state index contributed by atoms with van der Waals surface area (Å²) >= 11 is 5.97. The van der Waals surface area contributed by atoms with Crippen LogP contribution in [0, 0.1) is 0 Å². The number of likely N-dealkylation sites (N-methyl/N-ethyl adjacent to an activating group) is 1. The number of carbonyl (C=O) groups excluding carboxylic acids is 3. The molecule has 10 heteroatoms. The highest BCUT2D eigenvalue weighted by atomic mass is 35.5. The highest BCUT2D eigenvalue weighted by Gasteiger charge is 2.54. The minimum Gasteiger partial charge on any atom is -0.368 e. The molecule has 3 aliphatic heterocycles. The number of urea groups is 1. The van der Waals surface area contributed by atoms with E-state index in [2.05, 4.69) is 4.99 Å². The van der Waals surface area contributed by atoms with E-state index in [-0.39, 0.29) is 0 Å². The van der Waals surface area contributed by atoms with E-state index in [1.54, 1.807) is 24.1 Å². The summed E-state index contributed by atoms with van der Waals surface area (Å²) in [4.78, 5) is 47.2. The minimum absolute atomic E-state index is 0.460. The third-order valence-electron chi connectivity index (χ3n) is 4.79. The number of rotatable bonds is 3. The zero-order valence-corrected chi connectivity index (χ0v) is 15.4. The summed E-state index contributed by atoms with van der Waals surface area (Å²) in [5.74, 6) is -0.708. The van der Waals surface area contributed by atoms with Crippen molar-refractivity contribution in [3.05, 3.63) is 41.2 Å². The summed E-state index contributed by atoms with van der Waals surface area (Å²) in [6.45, 7) is 1.44. The standard InChI is InChI=1S/C17H17ClN6O3/c1-9-7-22-13-14(21(2)17(27)23(15(13)26)8-12(19)25)20-16(22)24(9)11-5-3-10(18)4-6-11/h3-7,13-14H,8H2,1-2H3,(H2,19,25). The molecule has 0 radical (unpaired) electrons. The summed E-state index contributed by atoms with van der Waals surface area (Å²) in [6, 6.07) is 5.90.